The van der Waals surface area contributed by atoms with Crippen LogP contribution in [0.1, 0.15) is 59.6 Å². The van der Waals surface area contributed by atoms with Crippen LogP contribution in [-0.2, 0) is 52.3 Å². The van der Waals surface area contributed by atoms with Gasteiger partial charge in [0.1, 0.15) is 0 Å². The van der Waals surface area contributed by atoms with E-state index in [-0.39, 0.29) is 45.9 Å². The van der Waals surface area contributed by atoms with Gasteiger partial charge in [0.15, 0.2) is 0 Å². The van der Waals surface area contributed by atoms with Crippen LogP contribution >= 0.6 is 29.6 Å². The Bertz CT molecular complexity index is 2490. The van der Waals surface area contributed by atoms with E-state index in [1.807, 2.05) is 176 Å². The van der Waals surface area contributed by atoms with Crippen molar-refractivity contribution >= 4 is 50.8 Å². The zero-order valence-electron chi connectivity index (χ0n) is 42.0. The number of benzene rings is 6. The zero-order chi connectivity index (χ0) is 50.8. The van der Waals surface area contributed by atoms with Gasteiger partial charge in [0.05, 0.1) is 32.0 Å². The zero-order valence-corrected chi connectivity index (χ0v) is 47.4. The van der Waals surface area contributed by atoms with Gasteiger partial charge in [0.2, 0.25) is 0 Å². The van der Waals surface area contributed by atoms with E-state index in [0.29, 0.717) is 43.7 Å². The molecule has 0 heterocycles. The van der Waals surface area contributed by atoms with E-state index < -0.39 is 35.2 Å². The van der Waals surface area contributed by atoms with Crippen molar-refractivity contribution in [2.45, 2.75) is 54.1 Å². The third-order valence-corrected chi connectivity index (χ3v) is 25.1. The predicted molar refractivity (Wildman–Crippen MR) is 296 cm³/mol. The van der Waals surface area contributed by atoms with E-state index >= 15 is 9.13 Å². The van der Waals surface area contributed by atoms with E-state index in [4.69, 9.17) is 27.1 Å². The molecule has 1 N–H and O–H groups in total. The summed E-state index contributed by atoms with van der Waals surface area (Å²) in [6.07, 6.45) is 12.3. The summed E-state index contributed by atoms with van der Waals surface area (Å²) < 4.78 is 66.1. The molecular weight excluding hydrogens is 1060 g/mol. The standard InChI is InChI=1S/C48H52N2O7P4.C10H14.Ru/c1-5-54-60(52,55-6-2)49-58(43-31-19-11-20-32-43,44-33-21-12-22-34-44)47(39-40-48(51,41-27-15-9-16-28-41)42-29-17-10-18-30-42)59(45-35-23-13-24-36-45,46-37-25-14-26-38-46)50-61(53,56-7-3)57-8-4;1-8(2)10-6-4-9(3)5-7-10;/h9-37,39-40,51H,5-8H2,1-4H3;4-8H,1-3H3;/q-2;;+2/b40-39+;;. The molecule has 6 aromatic carbocycles. The monoisotopic (exact) mass is 1130 g/mol. The van der Waals surface area contributed by atoms with Crippen molar-refractivity contribution in [1.29, 1.82) is 0 Å². The Kier molecular flexibility index (Phi) is 23.2. The molecular formula is C58H66N2O7P4Ru. The fourth-order valence-electron chi connectivity index (χ4n) is 8.09. The SMILES string of the molecule is CCOP(=O)(N=P(c1[c-]cccc1)(c1ccccc1)[C-](/C=C/C(O)(c1ccccc1)c1ccccc1)P(=NP(=O)(OCC)OCC)(c1ccccc1)c1ccccc1)OCC.C[C]1[CH][CH][C](C(C)C)[CH][CH]1.[Ru+2]. The largest absolute Gasteiger partial charge is 2.00 e. The minimum Gasteiger partial charge on any atom is -0.394 e. The second kappa shape index (κ2) is 28.2. The smallest absolute Gasteiger partial charge is 0.394 e. The van der Waals surface area contributed by atoms with Crippen LogP contribution in [0, 0.1) is 54.9 Å². The van der Waals surface area contributed by atoms with E-state index in [0.717, 1.165) is 0 Å². The van der Waals surface area contributed by atoms with Crippen LogP contribution in [0.2, 0.25) is 0 Å². The van der Waals surface area contributed by atoms with Gasteiger partial charge >= 0.3 is 35.0 Å². The van der Waals surface area contributed by atoms with Crippen molar-refractivity contribution < 1.29 is 51.8 Å². The second-order valence-electron chi connectivity index (χ2n) is 16.6. The van der Waals surface area contributed by atoms with E-state index in [1.165, 1.54) is 11.8 Å². The maximum atomic E-state index is 15.4. The van der Waals surface area contributed by atoms with E-state index in [1.54, 1.807) is 39.8 Å². The summed E-state index contributed by atoms with van der Waals surface area (Å²) in [5.41, 5.74) is -0.559. The van der Waals surface area contributed by atoms with Crippen LogP contribution in [-0.4, -0.2) is 31.5 Å². The molecule has 1 aliphatic carbocycles. The molecule has 1 unspecified atom stereocenters. The molecule has 72 heavy (non-hydrogen) atoms. The molecule has 1 fully saturated rings. The van der Waals surface area contributed by atoms with Crippen LogP contribution in [0.25, 0.3) is 0 Å². The van der Waals surface area contributed by atoms with E-state index in [2.05, 4.69) is 52.5 Å². The second-order valence-corrected chi connectivity index (χ2v) is 26.8. The minimum atomic E-state index is -4.35. The van der Waals surface area contributed by atoms with Crippen molar-refractivity contribution in [1.82, 2.24) is 0 Å². The van der Waals surface area contributed by atoms with E-state index in [9.17, 15) is 5.11 Å². The predicted octanol–water partition coefficient (Wildman–Crippen LogP) is 14.5. The van der Waals surface area contributed by atoms with Crippen molar-refractivity contribution in [2.75, 3.05) is 26.4 Å². The Morgan fingerprint density at radius 2 is 0.917 bits per heavy atom. The maximum Gasteiger partial charge on any atom is 2.00 e. The van der Waals surface area contributed by atoms with Crippen molar-refractivity contribution in [2.24, 2.45) is 14.9 Å². The van der Waals surface area contributed by atoms with Crippen molar-refractivity contribution in [3.63, 3.8) is 0 Å². The Hall–Kier alpha value is -3.73. The molecule has 7 rings (SSSR count). The Labute approximate surface area is 443 Å². The molecule has 1 aliphatic rings. The van der Waals surface area contributed by atoms with Crippen molar-refractivity contribution in [3.05, 3.63) is 248 Å². The fraction of sp³-hybridized carbons (Fsp3) is 0.224. The summed E-state index contributed by atoms with van der Waals surface area (Å²) in [5.74, 6) is 3.41. The summed E-state index contributed by atoms with van der Waals surface area (Å²) >= 11 is 0. The number of hydrogen-bond acceptors (Lipinski definition) is 7. The maximum absolute atomic E-state index is 15.4. The van der Waals surface area contributed by atoms with Gasteiger partial charge in [-0.25, -0.2) is 24.2 Å². The molecule has 0 amide bonds. The molecule has 378 valence electrons. The number of aliphatic hydroxyl groups is 1. The summed E-state index contributed by atoms with van der Waals surface area (Å²) in [6.45, 7) is 13.7. The molecule has 0 aromatic heterocycles. The Morgan fingerprint density at radius 1 is 0.556 bits per heavy atom. The first kappa shape index (κ1) is 59.2. The molecule has 6 aromatic rings. The quantitative estimate of drug-likeness (QED) is 0.0433. The molecule has 1 atom stereocenters. The molecule has 14 heteroatoms. The van der Waals surface area contributed by atoms with Gasteiger partial charge in [0.25, 0.3) is 0 Å². The van der Waals surface area contributed by atoms with Gasteiger partial charge in [-0.1, -0.05) is 172 Å². The Morgan fingerprint density at radius 3 is 1.28 bits per heavy atom. The third kappa shape index (κ3) is 14.4. The number of allylic oxidation sites excluding steroid dienone is 1. The molecule has 6 radical (unpaired) electrons. The van der Waals surface area contributed by atoms with Gasteiger partial charge in [0, 0.05) is 0 Å². The minimum absolute atomic E-state index is 0. The van der Waals surface area contributed by atoms with Crippen LogP contribution in [0.4, 0.5) is 0 Å². The average Bonchev–Trinajstić information content (AvgIpc) is 3.40. The number of nitrogens with zero attached hydrogens (tertiary/aromatic N) is 2. The molecule has 0 saturated heterocycles. The fourth-order valence-corrected chi connectivity index (χ4v) is 23.7. The van der Waals surface area contributed by atoms with Gasteiger partial charge in [-0.15, -0.1) is 10.7 Å². The molecule has 9 nitrogen and oxygen atoms in total. The summed E-state index contributed by atoms with van der Waals surface area (Å²) in [7, 11) is -16.3. The van der Waals surface area contributed by atoms with Crippen LogP contribution < -0.4 is 21.2 Å². The topological polar surface area (TPSA) is 116 Å². The molecule has 0 spiro atoms. The number of rotatable bonds is 21. The van der Waals surface area contributed by atoms with Crippen LogP contribution in [0.3, 0.4) is 0 Å². The van der Waals surface area contributed by atoms with Crippen LogP contribution in [0.5, 0.6) is 0 Å². The molecule has 1 saturated carbocycles. The van der Waals surface area contributed by atoms with Gasteiger partial charge in [-0.2, -0.15) is 36.4 Å². The van der Waals surface area contributed by atoms with Gasteiger partial charge in [-0.05, 0) is 112 Å². The summed E-state index contributed by atoms with van der Waals surface area (Å²) in [5, 5.41) is 16.3. The summed E-state index contributed by atoms with van der Waals surface area (Å²) in [4.78, 5) is 0. The molecule has 0 bridgehead atoms. The first-order chi connectivity index (χ1) is 34.3. The average molecular weight is 1130 g/mol. The summed E-state index contributed by atoms with van der Waals surface area (Å²) in [6, 6.07) is 58.4. The number of hydrogen-bond donors (Lipinski definition) is 1. The van der Waals surface area contributed by atoms with Crippen molar-refractivity contribution in [3.8, 4) is 0 Å². The molecule has 0 aliphatic heterocycles. The third-order valence-electron chi connectivity index (χ3n) is 11.4. The van der Waals surface area contributed by atoms with Crippen LogP contribution in [0.15, 0.2) is 197 Å². The Balaban J connectivity index is 0.000000780. The van der Waals surface area contributed by atoms with Gasteiger partial charge < -0.3 is 5.11 Å². The normalized spacial score (nSPS) is 14.7. The first-order valence-electron chi connectivity index (χ1n) is 24.0. The first-order valence-corrected chi connectivity index (χ1v) is 30.5. The van der Waals surface area contributed by atoms with Gasteiger partial charge in [-0.3, -0.25) is 18.1 Å².